The van der Waals surface area contributed by atoms with E-state index in [0.717, 1.165) is 16.1 Å². The van der Waals surface area contributed by atoms with Crippen LogP contribution in [0.3, 0.4) is 0 Å². The zero-order chi connectivity index (χ0) is 20.4. The first kappa shape index (κ1) is 20.2. The fourth-order valence-corrected chi connectivity index (χ4v) is 4.84. The van der Waals surface area contributed by atoms with Crippen molar-refractivity contribution in [2.45, 2.75) is 5.37 Å². The SMILES string of the molecule is COc1ccc(C2SCCN2C(=O)c2cccc([N+](=O)[O-])c2C(=O)O)cc1Br. The summed E-state index contributed by atoms with van der Waals surface area (Å²) in [5.74, 6) is -0.747. The number of carbonyl (C=O) groups is 2. The second-order valence-electron chi connectivity index (χ2n) is 5.88. The normalized spacial score (nSPS) is 16.1. The molecular weight excluding hydrogens is 452 g/mol. The molecule has 0 bridgehead atoms. The Balaban J connectivity index is 2.00. The van der Waals surface area contributed by atoms with E-state index in [0.29, 0.717) is 18.0 Å². The van der Waals surface area contributed by atoms with Gasteiger partial charge in [0, 0.05) is 18.4 Å². The third-order valence-corrected chi connectivity index (χ3v) is 6.18. The quantitative estimate of drug-likeness (QED) is 0.524. The van der Waals surface area contributed by atoms with Crippen molar-refractivity contribution < 1.29 is 24.4 Å². The Morgan fingerprint density at radius 3 is 2.71 bits per heavy atom. The number of nitrogens with zero attached hydrogens (tertiary/aromatic N) is 2. The summed E-state index contributed by atoms with van der Waals surface area (Å²) in [6, 6.07) is 9.16. The summed E-state index contributed by atoms with van der Waals surface area (Å²) in [6.45, 7) is 0.402. The first-order valence-corrected chi connectivity index (χ1v) is 9.96. The number of halogens is 1. The molecule has 8 nitrogen and oxygen atoms in total. The van der Waals surface area contributed by atoms with Gasteiger partial charge in [-0.15, -0.1) is 11.8 Å². The summed E-state index contributed by atoms with van der Waals surface area (Å²) in [4.78, 5) is 36.7. The minimum absolute atomic E-state index is 0.193. The largest absolute Gasteiger partial charge is 0.496 e. The molecular formula is C18H15BrN2O6S. The lowest BCUT2D eigenvalue weighted by Crippen LogP contribution is -2.31. The molecule has 0 aromatic heterocycles. The molecule has 0 aliphatic carbocycles. The van der Waals surface area contributed by atoms with Crippen LogP contribution < -0.4 is 4.74 Å². The first-order valence-electron chi connectivity index (χ1n) is 8.12. The van der Waals surface area contributed by atoms with Gasteiger partial charge in [0.15, 0.2) is 0 Å². The smallest absolute Gasteiger partial charge is 0.343 e. The number of nitro benzene ring substituents is 1. The van der Waals surface area contributed by atoms with Crippen molar-refractivity contribution in [1.29, 1.82) is 0 Å². The maximum atomic E-state index is 13.1. The zero-order valence-corrected chi connectivity index (χ0v) is 17.0. The molecule has 2 aromatic carbocycles. The third kappa shape index (κ3) is 3.69. The molecule has 0 radical (unpaired) electrons. The summed E-state index contributed by atoms with van der Waals surface area (Å²) in [6.07, 6.45) is 0. The Hall–Kier alpha value is -2.59. The van der Waals surface area contributed by atoms with Gasteiger partial charge in [0.25, 0.3) is 11.6 Å². The van der Waals surface area contributed by atoms with Crippen molar-refractivity contribution in [3.63, 3.8) is 0 Å². The molecule has 3 rings (SSSR count). The topological polar surface area (TPSA) is 110 Å². The van der Waals surface area contributed by atoms with Gasteiger partial charge in [-0.1, -0.05) is 12.1 Å². The number of carboxylic acids is 1. The monoisotopic (exact) mass is 466 g/mol. The molecule has 1 aliphatic heterocycles. The van der Waals surface area contributed by atoms with Crippen molar-refractivity contribution in [3.05, 3.63) is 67.7 Å². The predicted octanol–water partition coefficient (Wildman–Crippen LogP) is 3.95. The number of aromatic carboxylic acids is 1. The van der Waals surface area contributed by atoms with E-state index >= 15 is 0 Å². The van der Waals surface area contributed by atoms with Gasteiger partial charge < -0.3 is 14.7 Å². The van der Waals surface area contributed by atoms with Crippen LogP contribution in [0.4, 0.5) is 5.69 Å². The van der Waals surface area contributed by atoms with Crippen LogP contribution in [0, 0.1) is 10.1 Å². The van der Waals surface area contributed by atoms with Crippen LogP contribution in [0.15, 0.2) is 40.9 Å². The Kier molecular flexibility index (Phi) is 5.90. The van der Waals surface area contributed by atoms with Crippen LogP contribution in [0.5, 0.6) is 5.75 Å². The molecule has 1 N–H and O–H groups in total. The number of carbonyl (C=O) groups excluding carboxylic acids is 1. The number of carboxylic acid groups (broad SMARTS) is 1. The van der Waals surface area contributed by atoms with E-state index in [1.807, 2.05) is 12.1 Å². The average molecular weight is 467 g/mol. The van der Waals surface area contributed by atoms with Crippen LogP contribution >= 0.6 is 27.7 Å². The lowest BCUT2D eigenvalue weighted by Gasteiger charge is -2.25. The molecule has 1 unspecified atom stereocenters. The minimum Gasteiger partial charge on any atom is -0.496 e. The highest BCUT2D eigenvalue weighted by Gasteiger charge is 2.35. The molecule has 1 heterocycles. The number of hydrogen-bond acceptors (Lipinski definition) is 6. The molecule has 1 aliphatic rings. The Morgan fingerprint density at radius 2 is 2.11 bits per heavy atom. The number of hydrogen-bond donors (Lipinski definition) is 1. The van der Waals surface area contributed by atoms with Gasteiger partial charge in [0.1, 0.15) is 16.7 Å². The highest BCUT2D eigenvalue weighted by atomic mass is 79.9. The van der Waals surface area contributed by atoms with E-state index in [-0.39, 0.29) is 10.9 Å². The molecule has 1 amide bonds. The lowest BCUT2D eigenvalue weighted by molar-refractivity contribution is -0.385. The molecule has 0 spiro atoms. The summed E-state index contributed by atoms with van der Waals surface area (Å²) < 4.78 is 5.95. The molecule has 2 aromatic rings. The van der Waals surface area contributed by atoms with Gasteiger partial charge in [-0.2, -0.15) is 0 Å². The first-order chi connectivity index (χ1) is 13.3. The van der Waals surface area contributed by atoms with E-state index in [9.17, 15) is 24.8 Å². The lowest BCUT2D eigenvalue weighted by atomic mass is 10.0. The number of thioether (sulfide) groups is 1. The summed E-state index contributed by atoms with van der Waals surface area (Å²) in [5.41, 5.74) is -0.550. The standard InChI is InChI=1S/C18H15BrN2O6S/c1-27-14-6-5-10(9-12(14)19)17-20(7-8-28-17)16(22)11-3-2-4-13(21(25)26)15(11)18(23)24/h2-6,9,17H,7-8H2,1H3,(H,23,24). The van der Waals surface area contributed by atoms with Gasteiger partial charge in [-0.05, 0) is 39.7 Å². The van der Waals surface area contributed by atoms with Crippen molar-refractivity contribution >= 4 is 45.3 Å². The van der Waals surface area contributed by atoms with Crippen molar-refractivity contribution in [2.24, 2.45) is 0 Å². The van der Waals surface area contributed by atoms with Crippen LogP contribution in [-0.4, -0.2) is 46.2 Å². The summed E-state index contributed by atoms with van der Waals surface area (Å²) in [5, 5.41) is 20.3. The molecule has 1 atom stereocenters. The van der Waals surface area contributed by atoms with Gasteiger partial charge in [0.05, 0.1) is 22.1 Å². The number of benzene rings is 2. The van der Waals surface area contributed by atoms with Crippen LogP contribution in [-0.2, 0) is 0 Å². The maximum absolute atomic E-state index is 13.1. The number of rotatable bonds is 5. The molecule has 28 heavy (non-hydrogen) atoms. The Morgan fingerprint density at radius 1 is 1.36 bits per heavy atom. The highest BCUT2D eigenvalue weighted by molar-refractivity contribution is 9.10. The Bertz CT molecular complexity index is 967. The fraction of sp³-hybridized carbons (Fsp3) is 0.222. The van der Waals surface area contributed by atoms with Gasteiger partial charge in [-0.25, -0.2) is 4.79 Å². The minimum atomic E-state index is -1.51. The predicted molar refractivity (Wildman–Crippen MR) is 107 cm³/mol. The molecule has 146 valence electrons. The van der Waals surface area contributed by atoms with Crippen molar-refractivity contribution in [2.75, 3.05) is 19.4 Å². The number of amides is 1. The van der Waals surface area contributed by atoms with Gasteiger partial charge in [-0.3, -0.25) is 14.9 Å². The van der Waals surface area contributed by atoms with Crippen LogP contribution in [0.2, 0.25) is 0 Å². The summed E-state index contributed by atoms with van der Waals surface area (Å²) in [7, 11) is 1.55. The third-order valence-electron chi connectivity index (χ3n) is 4.30. The van der Waals surface area contributed by atoms with Crippen LogP contribution in [0.1, 0.15) is 31.7 Å². The highest BCUT2D eigenvalue weighted by Crippen LogP contribution is 2.41. The second-order valence-corrected chi connectivity index (χ2v) is 7.92. The zero-order valence-electron chi connectivity index (χ0n) is 14.6. The summed E-state index contributed by atoms with van der Waals surface area (Å²) >= 11 is 4.96. The van der Waals surface area contributed by atoms with E-state index in [1.54, 1.807) is 13.2 Å². The van der Waals surface area contributed by atoms with Crippen molar-refractivity contribution in [3.8, 4) is 5.75 Å². The second kappa shape index (κ2) is 8.19. The van der Waals surface area contributed by atoms with Gasteiger partial charge >= 0.3 is 5.97 Å². The molecule has 1 fully saturated rings. The van der Waals surface area contributed by atoms with E-state index in [1.165, 1.54) is 28.8 Å². The Labute approximate surface area is 172 Å². The van der Waals surface area contributed by atoms with E-state index in [4.69, 9.17) is 4.74 Å². The number of nitro groups is 1. The number of methoxy groups -OCH3 is 1. The van der Waals surface area contributed by atoms with Gasteiger partial charge in [0.2, 0.25) is 0 Å². The van der Waals surface area contributed by atoms with Crippen molar-refractivity contribution in [1.82, 2.24) is 4.90 Å². The maximum Gasteiger partial charge on any atom is 0.343 e. The number of ether oxygens (including phenoxy) is 1. The molecule has 10 heteroatoms. The van der Waals surface area contributed by atoms with E-state index < -0.39 is 28.1 Å². The van der Waals surface area contributed by atoms with E-state index in [2.05, 4.69) is 15.9 Å². The fourth-order valence-electron chi connectivity index (χ4n) is 3.04. The molecule has 0 saturated carbocycles. The van der Waals surface area contributed by atoms with Crippen LogP contribution in [0.25, 0.3) is 0 Å². The molecule has 1 saturated heterocycles. The average Bonchev–Trinajstić information content (AvgIpc) is 3.16.